The van der Waals surface area contributed by atoms with Crippen molar-refractivity contribution in [3.63, 3.8) is 0 Å². The van der Waals surface area contributed by atoms with Gasteiger partial charge in [-0.1, -0.05) is 26.0 Å². The summed E-state index contributed by atoms with van der Waals surface area (Å²) in [6.45, 7) is 18.4. The Morgan fingerprint density at radius 1 is 1.19 bits per heavy atom. The molecule has 0 spiro atoms. The standard InChI is InChI=1S/C27H41N7O2/c1-7-23(25-29-30-31-34(25)27(5,6)8-2)33(12-11-32-13-15-36-16-14-32)18-22-17-21-10-9-19(3)20(4)24(21)28-26(22)35/h9-10,17,23H,7-8,11-16,18H2,1-6H3,(H,28,35)/t23-/m1/s1. The molecule has 2 aromatic heterocycles. The number of benzene rings is 1. The van der Waals surface area contributed by atoms with E-state index in [1.54, 1.807) is 0 Å². The molecule has 1 aromatic carbocycles. The van der Waals surface area contributed by atoms with Crippen molar-refractivity contribution in [3.8, 4) is 0 Å². The molecule has 1 aliphatic heterocycles. The van der Waals surface area contributed by atoms with E-state index in [1.165, 1.54) is 5.56 Å². The number of ether oxygens (including phenoxy) is 1. The molecule has 0 aliphatic carbocycles. The summed E-state index contributed by atoms with van der Waals surface area (Å²) in [5.74, 6) is 0.856. The number of tetrazole rings is 1. The Hall–Kier alpha value is -2.62. The van der Waals surface area contributed by atoms with Crippen LogP contribution in [0.4, 0.5) is 0 Å². The van der Waals surface area contributed by atoms with Crippen molar-refractivity contribution in [1.29, 1.82) is 0 Å². The van der Waals surface area contributed by atoms with Crippen LogP contribution in [0.1, 0.15) is 69.1 Å². The normalized spacial score (nSPS) is 16.2. The van der Waals surface area contributed by atoms with Gasteiger partial charge in [-0.15, -0.1) is 5.10 Å². The maximum Gasteiger partial charge on any atom is 0.252 e. The van der Waals surface area contributed by atoms with Gasteiger partial charge in [0.2, 0.25) is 0 Å². The van der Waals surface area contributed by atoms with Gasteiger partial charge in [0, 0.05) is 38.3 Å². The lowest BCUT2D eigenvalue weighted by atomic mass is 10.0. The average Bonchev–Trinajstić information content (AvgIpc) is 3.37. The Morgan fingerprint density at radius 2 is 1.94 bits per heavy atom. The number of aryl methyl sites for hydroxylation is 2. The predicted octanol–water partition coefficient (Wildman–Crippen LogP) is 3.56. The Labute approximate surface area is 213 Å². The third kappa shape index (κ3) is 5.53. The molecule has 9 heteroatoms. The van der Waals surface area contributed by atoms with E-state index >= 15 is 0 Å². The SMILES string of the molecule is CC[C@H](c1nnnn1C(C)(C)CC)N(CCN1CCOCC1)Cc1cc2ccc(C)c(C)c2[nH]c1=O. The van der Waals surface area contributed by atoms with Gasteiger partial charge in [0.25, 0.3) is 5.56 Å². The molecule has 3 heterocycles. The summed E-state index contributed by atoms with van der Waals surface area (Å²) in [5.41, 5.74) is 3.75. The van der Waals surface area contributed by atoms with E-state index in [-0.39, 0.29) is 17.1 Å². The molecule has 9 nitrogen and oxygen atoms in total. The highest BCUT2D eigenvalue weighted by Crippen LogP contribution is 2.29. The second kappa shape index (κ2) is 11.2. The lowest BCUT2D eigenvalue weighted by molar-refractivity contribution is 0.0289. The fraction of sp³-hybridized carbons (Fsp3) is 0.630. The number of nitrogens with one attached hydrogen (secondary N) is 1. The quantitative estimate of drug-likeness (QED) is 0.460. The van der Waals surface area contributed by atoms with Gasteiger partial charge in [0.15, 0.2) is 5.82 Å². The molecule has 4 rings (SSSR count). The van der Waals surface area contributed by atoms with E-state index < -0.39 is 0 Å². The highest BCUT2D eigenvalue weighted by molar-refractivity contribution is 5.83. The zero-order valence-corrected chi connectivity index (χ0v) is 22.7. The van der Waals surface area contributed by atoms with Gasteiger partial charge in [0.05, 0.1) is 30.3 Å². The van der Waals surface area contributed by atoms with Crippen LogP contribution in [0, 0.1) is 13.8 Å². The average molecular weight is 496 g/mol. The van der Waals surface area contributed by atoms with Crippen LogP contribution in [0.5, 0.6) is 0 Å². The smallest absolute Gasteiger partial charge is 0.252 e. The highest BCUT2D eigenvalue weighted by Gasteiger charge is 2.31. The number of hydrogen-bond acceptors (Lipinski definition) is 7. The second-order valence-corrected chi connectivity index (χ2v) is 10.6. The molecule has 3 aromatic rings. The van der Waals surface area contributed by atoms with Crippen LogP contribution in [-0.2, 0) is 16.8 Å². The molecule has 1 saturated heterocycles. The van der Waals surface area contributed by atoms with Gasteiger partial charge < -0.3 is 9.72 Å². The first-order valence-electron chi connectivity index (χ1n) is 13.2. The molecule has 0 bridgehead atoms. The molecule has 1 aliphatic rings. The van der Waals surface area contributed by atoms with Crippen molar-refractivity contribution in [2.45, 2.75) is 72.5 Å². The van der Waals surface area contributed by atoms with Gasteiger partial charge in [0.1, 0.15) is 0 Å². The summed E-state index contributed by atoms with van der Waals surface area (Å²) in [6, 6.07) is 6.25. The van der Waals surface area contributed by atoms with Gasteiger partial charge in [-0.25, -0.2) is 4.68 Å². The molecule has 1 fully saturated rings. The predicted molar refractivity (Wildman–Crippen MR) is 142 cm³/mol. The number of aromatic nitrogens is 5. The number of fused-ring (bicyclic) bond motifs is 1. The highest BCUT2D eigenvalue weighted by atomic mass is 16.5. The molecule has 1 atom stereocenters. The molecular weight excluding hydrogens is 454 g/mol. The van der Waals surface area contributed by atoms with Crippen LogP contribution >= 0.6 is 0 Å². The minimum Gasteiger partial charge on any atom is -0.379 e. The lowest BCUT2D eigenvalue weighted by Crippen LogP contribution is -2.43. The third-order valence-corrected chi connectivity index (χ3v) is 7.87. The van der Waals surface area contributed by atoms with Crippen LogP contribution in [0.2, 0.25) is 0 Å². The number of nitrogens with zero attached hydrogens (tertiary/aromatic N) is 6. The molecule has 0 saturated carbocycles. The van der Waals surface area contributed by atoms with E-state index in [2.05, 4.69) is 84.0 Å². The number of rotatable bonds is 10. The number of H-pyrrole nitrogens is 1. The lowest BCUT2D eigenvalue weighted by Gasteiger charge is -2.35. The molecule has 0 unspecified atom stereocenters. The maximum atomic E-state index is 13.3. The number of morpholine rings is 1. The minimum atomic E-state index is -0.196. The molecule has 196 valence electrons. The van der Waals surface area contributed by atoms with Gasteiger partial charge in [-0.3, -0.25) is 14.6 Å². The fourth-order valence-electron chi connectivity index (χ4n) is 4.93. The Kier molecular flexibility index (Phi) is 8.22. The molecular formula is C27H41N7O2. The van der Waals surface area contributed by atoms with E-state index in [0.717, 1.165) is 80.1 Å². The second-order valence-electron chi connectivity index (χ2n) is 10.6. The van der Waals surface area contributed by atoms with Crippen molar-refractivity contribution in [2.75, 3.05) is 39.4 Å². The summed E-state index contributed by atoms with van der Waals surface area (Å²) < 4.78 is 7.51. The van der Waals surface area contributed by atoms with Crippen LogP contribution in [0.15, 0.2) is 23.0 Å². The summed E-state index contributed by atoms with van der Waals surface area (Å²) in [6.07, 6.45) is 1.76. The maximum absolute atomic E-state index is 13.3. The number of pyridine rings is 1. The third-order valence-electron chi connectivity index (χ3n) is 7.87. The molecule has 1 N–H and O–H groups in total. The first-order valence-corrected chi connectivity index (χ1v) is 13.2. The van der Waals surface area contributed by atoms with Gasteiger partial charge >= 0.3 is 0 Å². The van der Waals surface area contributed by atoms with Gasteiger partial charge in [-0.2, -0.15) is 0 Å². The largest absolute Gasteiger partial charge is 0.379 e. The summed E-state index contributed by atoms with van der Waals surface area (Å²) >= 11 is 0. The monoisotopic (exact) mass is 495 g/mol. The van der Waals surface area contributed by atoms with Crippen LogP contribution in [0.25, 0.3) is 10.9 Å². The Morgan fingerprint density at radius 3 is 2.64 bits per heavy atom. The van der Waals surface area contributed by atoms with Crippen molar-refractivity contribution in [2.24, 2.45) is 0 Å². The first kappa shape index (κ1) is 26.4. The van der Waals surface area contributed by atoms with E-state index in [1.807, 2.05) is 10.7 Å². The Balaban J connectivity index is 1.69. The van der Waals surface area contributed by atoms with E-state index in [9.17, 15) is 4.79 Å². The topological polar surface area (TPSA) is 92.2 Å². The van der Waals surface area contributed by atoms with E-state index in [4.69, 9.17) is 4.74 Å². The zero-order valence-electron chi connectivity index (χ0n) is 22.7. The first-order chi connectivity index (χ1) is 17.2. The van der Waals surface area contributed by atoms with Gasteiger partial charge in [-0.05, 0) is 73.5 Å². The summed E-state index contributed by atoms with van der Waals surface area (Å²) in [7, 11) is 0. The summed E-state index contributed by atoms with van der Waals surface area (Å²) in [5, 5.41) is 14.0. The number of hydrogen-bond donors (Lipinski definition) is 1. The van der Waals surface area contributed by atoms with Crippen molar-refractivity contribution in [3.05, 3.63) is 51.1 Å². The van der Waals surface area contributed by atoms with Crippen LogP contribution < -0.4 is 5.56 Å². The van der Waals surface area contributed by atoms with E-state index in [0.29, 0.717) is 6.54 Å². The van der Waals surface area contributed by atoms with Crippen LogP contribution in [-0.4, -0.2) is 74.4 Å². The molecule has 0 radical (unpaired) electrons. The van der Waals surface area contributed by atoms with Crippen molar-refractivity contribution < 1.29 is 4.74 Å². The van der Waals surface area contributed by atoms with Crippen molar-refractivity contribution in [1.82, 2.24) is 35.0 Å². The number of aromatic amines is 1. The fourth-order valence-corrected chi connectivity index (χ4v) is 4.93. The molecule has 36 heavy (non-hydrogen) atoms. The summed E-state index contributed by atoms with van der Waals surface area (Å²) in [4.78, 5) is 21.2. The van der Waals surface area contributed by atoms with Crippen molar-refractivity contribution >= 4 is 10.9 Å². The van der Waals surface area contributed by atoms with Crippen LogP contribution in [0.3, 0.4) is 0 Å². The Bertz CT molecular complexity index is 1230. The minimum absolute atomic E-state index is 0.0123. The molecule has 0 amide bonds. The zero-order chi connectivity index (χ0) is 25.9.